The van der Waals surface area contributed by atoms with E-state index < -0.39 is 20.0 Å². The summed E-state index contributed by atoms with van der Waals surface area (Å²) in [4.78, 5) is 14.2. The van der Waals surface area contributed by atoms with Gasteiger partial charge in [0, 0.05) is 32.7 Å². The molecule has 1 heterocycles. The summed E-state index contributed by atoms with van der Waals surface area (Å²) in [7, 11) is -7.10. The van der Waals surface area contributed by atoms with Crippen LogP contribution >= 0.6 is 0 Å². The molecule has 2 aromatic carbocycles. The zero-order chi connectivity index (χ0) is 23.2. The summed E-state index contributed by atoms with van der Waals surface area (Å²) in [6.45, 7) is 2.33. The lowest BCUT2D eigenvalue weighted by molar-refractivity contribution is -0.122. The second-order valence-electron chi connectivity index (χ2n) is 7.71. The lowest BCUT2D eigenvalue weighted by Crippen LogP contribution is -2.51. The molecule has 0 radical (unpaired) electrons. The van der Waals surface area contributed by atoms with Crippen LogP contribution in [0.3, 0.4) is 0 Å². The Bertz CT molecular complexity index is 1110. The number of sulfonamides is 2. The molecule has 0 unspecified atom stereocenters. The van der Waals surface area contributed by atoms with Crippen molar-refractivity contribution in [1.29, 1.82) is 0 Å². The molecule has 11 heteroatoms. The smallest absolute Gasteiger partial charge is 0.238 e. The average molecular weight is 481 g/mol. The summed E-state index contributed by atoms with van der Waals surface area (Å²) >= 11 is 0. The third-order valence-electron chi connectivity index (χ3n) is 5.27. The molecule has 1 aliphatic heterocycles. The van der Waals surface area contributed by atoms with E-state index in [1.165, 1.54) is 16.4 Å². The second-order valence-corrected chi connectivity index (χ2v) is 11.2. The van der Waals surface area contributed by atoms with Gasteiger partial charge in [0.25, 0.3) is 0 Å². The number of hydrogen-bond donors (Lipinski definition) is 2. The quantitative estimate of drug-likeness (QED) is 0.525. The Hall–Kier alpha value is -2.31. The molecule has 2 aromatic rings. The SMILES string of the molecule is NS(=O)(=O)c1ccc(CCNC(=O)CN2CCN(S(=O)(=O)Cc3ccccc3)CC2)cc1. The molecule has 1 aliphatic rings. The van der Waals surface area contributed by atoms with Crippen LogP contribution in [0, 0.1) is 0 Å². The van der Waals surface area contributed by atoms with Crippen LogP contribution in [-0.4, -0.2) is 71.2 Å². The molecule has 0 spiro atoms. The highest BCUT2D eigenvalue weighted by atomic mass is 32.2. The van der Waals surface area contributed by atoms with Gasteiger partial charge in [-0.2, -0.15) is 4.31 Å². The summed E-state index contributed by atoms with van der Waals surface area (Å²) in [6, 6.07) is 15.3. The summed E-state index contributed by atoms with van der Waals surface area (Å²) in [5, 5.41) is 7.92. The maximum atomic E-state index is 12.6. The van der Waals surface area contributed by atoms with E-state index in [-0.39, 0.29) is 23.1 Å². The first-order valence-electron chi connectivity index (χ1n) is 10.3. The maximum absolute atomic E-state index is 12.6. The number of nitrogens with zero attached hydrogens (tertiary/aromatic N) is 2. The number of nitrogens with two attached hydrogens (primary N) is 1. The molecule has 3 N–H and O–H groups in total. The third kappa shape index (κ3) is 7.10. The normalized spacial score (nSPS) is 16.0. The van der Waals surface area contributed by atoms with Crippen molar-refractivity contribution in [3.05, 3.63) is 65.7 Å². The van der Waals surface area contributed by atoms with Crippen molar-refractivity contribution < 1.29 is 21.6 Å². The summed E-state index contributed by atoms with van der Waals surface area (Å²) in [5.41, 5.74) is 1.64. The summed E-state index contributed by atoms with van der Waals surface area (Å²) < 4.78 is 49.3. The number of carbonyl (C=O) groups excluding carboxylic acids is 1. The van der Waals surface area contributed by atoms with Crippen LogP contribution in [0.15, 0.2) is 59.5 Å². The number of rotatable bonds is 9. The molecule has 0 saturated carbocycles. The lowest BCUT2D eigenvalue weighted by atomic mass is 10.1. The van der Waals surface area contributed by atoms with E-state index in [0.29, 0.717) is 39.1 Å². The minimum atomic E-state index is -3.72. The summed E-state index contributed by atoms with van der Waals surface area (Å²) in [5.74, 6) is -0.154. The highest BCUT2D eigenvalue weighted by Crippen LogP contribution is 2.13. The van der Waals surface area contributed by atoms with Crippen LogP contribution in [0.25, 0.3) is 0 Å². The van der Waals surface area contributed by atoms with Crippen molar-refractivity contribution in [3.8, 4) is 0 Å². The van der Waals surface area contributed by atoms with Crippen molar-refractivity contribution >= 4 is 26.0 Å². The van der Waals surface area contributed by atoms with E-state index in [2.05, 4.69) is 5.32 Å². The van der Waals surface area contributed by atoms with Crippen LogP contribution in [-0.2, 0) is 37.0 Å². The van der Waals surface area contributed by atoms with Gasteiger partial charge in [0.05, 0.1) is 17.2 Å². The number of carbonyl (C=O) groups is 1. The number of amides is 1. The van der Waals surface area contributed by atoms with Gasteiger partial charge in [0.2, 0.25) is 26.0 Å². The molecule has 1 amide bonds. The Morgan fingerprint density at radius 1 is 0.875 bits per heavy atom. The highest BCUT2D eigenvalue weighted by molar-refractivity contribution is 7.89. The number of hydrogen-bond acceptors (Lipinski definition) is 6. The van der Waals surface area contributed by atoms with Crippen molar-refractivity contribution in [2.45, 2.75) is 17.1 Å². The molecule has 32 heavy (non-hydrogen) atoms. The topological polar surface area (TPSA) is 130 Å². The van der Waals surface area contributed by atoms with Crippen LogP contribution in [0.5, 0.6) is 0 Å². The first kappa shape index (κ1) is 24.3. The van der Waals surface area contributed by atoms with Crippen molar-refractivity contribution in [2.75, 3.05) is 39.3 Å². The predicted octanol–water partition coefficient (Wildman–Crippen LogP) is 0.140. The Morgan fingerprint density at radius 2 is 1.50 bits per heavy atom. The zero-order valence-corrected chi connectivity index (χ0v) is 19.3. The van der Waals surface area contributed by atoms with Gasteiger partial charge in [-0.25, -0.2) is 22.0 Å². The van der Waals surface area contributed by atoms with Gasteiger partial charge < -0.3 is 5.32 Å². The molecule has 3 rings (SSSR count). The van der Waals surface area contributed by atoms with Gasteiger partial charge in [0.15, 0.2) is 0 Å². The largest absolute Gasteiger partial charge is 0.355 e. The Kier molecular flexibility index (Phi) is 8.01. The molecule has 0 aromatic heterocycles. The van der Waals surface area contributed by atoms with E-state index in [1.807, 2.05) is 23.1 Å². The first-order chi connectivity index (χ1) is 15.1. The lowest BCUT2D eigenvalue weighted by Gasteiger charge is -2.33. The van der Waals surface area contributed by atoms with Gasteiger partial charge in [-0.05, 0) is 29.7 Å². The van der Waals surface area contributed by atoms with E-state index in [0.717, 1.165) is 11.1 Å². The van der Waals surface area contributed by atoms with Gasteiger partial charge in [-0.1, -0.05) is 42.5 Å². The van der Waals surface area contributed by atoms with Gasteiger partial charge in [-0.15, -0.1) is 0 Å². The first-order valence-corrected chi connectivity index (χ1v) is 13.4. The minimum absolute atomic E-state index is 0.0213. The second kappa shape index (κ2) is 10.5. The number of benzene rings is 2. The molecule has 0 aliphatic carbocycles. The number of piperazine rings is 1. The van der Waals surface area contributed by atoms with E-state index in [4.69, 9.17) is 5.14 Å². The molecule has 9 nitrogen and oxygen atoms in total. The maximum Gasteiger partial charge on any atom is 0.238 e. The van der Waals surface area contributed by atoms with Gasteiger partial charge in [-0.3, -0.25) is 9.69 Å². The molecule has 0 bridgehead atoms. The molecular formula is C21H28N4O5S2. The Balaban J connectivity index is 1.39. The van der Waals surface area contributed by atoms with E-state index >= 15 is 0 Å². The highest BCUT2D eigenvalue weighted by Gasteiger charge is 2.27. The molecule has 0 atom stereocenters. The van der Waals surface area contributed by atoms with Gasteiger partial charge in [0.1, 0.15) is 0 Å². The Labute approximate surface area is 189 Å². The average Bonchev–Trinajstić information content (AvgIpc) is 2.74. The van der Waals surface area contributed by atoms with Crippen molar-refractivity contribution in [2.24, 2.45) is 5.14 Å². The Morgan fingerprint density at radius 3 is 2.09 bits per heavy atom. The van der Waals surface area contributed by atoms with Gasteiger partial charge >= 0.3 is 0 Å². The molecule has 1 saturated heterocycles. The fraction of sp³-hybridized carbons (Fsp3) is 0.381. The monoisotopic (exact) mass is 480 g/mol. The minimum Gasteiger partial charge on any atom is -0.355 e. The van der Waals surface area contributed by atoms with Crippen LogP contribution in [0.2, 0.25) is 0 Å². The fourth-order valence-electron chi connectivity index (χ4n) is 3.49. The van der Waals surface area contributed by atoms with E-state index in [9.17, 15) is 21.6 Å². The molecule has 1 fully saturated rings. The third-order valence-corrected chi connectivity index (χ3v) is 8.05. The zero-order valence-electron chi connectivity index (χ0n) is 17.7. The van der Waals surface area contributed by atoms with Crippen molar-refractivity contribution in [3.63, 3.8) is 0 Å². The predicted molar refractivity (Wildman–Crippen MR) is 122 cm³/mol. The molecular weight excluding hydrogens is 452 g/mol. The number of primary sulfonamides is 1. The van der Waals surface area contributed by atoms with Crippen LogP contribution in [0.1, 0.15) is 11.1 Å². The fourth-order valence-corrected chi connectivity index (χ4v) is 5.52. The summed E-state index contributed by atoms with van der Waals surface area (Å²) in [6.07, 6.45) is 0.558. The van der Waals surface area contributed by atoms with E-state index in [1.54, 1.807) is 24.3 Å². The number of nitrogens with one attached hydrogen (secondary N) is 1. The van der Waals surface area contributed by atoms with Crippen molar-refractivity contribution in [1.82, 2.24) is 14.5 Å². The standard InChI is InChI=1S/C21H28N4O5S2/c22-32(29,30)20-8-6-18(7-9-20)10-11-23-21(26)16-24-12-14-25(15-13-24)31(27,28)17-19-4-2-1-3-5-19/h1-9H,10-17H2,(H,23,26)(H2,22,29,30). The molecule has 174 valence electrons. The van der Waals surface area contributed by atoms with Crippen LogP contribution < -0.4 is 10.5 Å². The van der Waals surface area contributed by atoms with Crippen LogP contribution in [0.4, 0.5) is 0 Å².